The van der Waals surface area contributed by atoms with Gasteiger partial charge in [-0.2, -0.15) is 5.26 Å². The number of carbonyl (C=O) groups is 3. The highest BCUT2D eigenvalue weighted by atomic mass is 16.2. The van der Waals surface area contributed by atoms with Crippen LogP contribution in [0.25, 0.3) is 0 Å². The third kappa shape index (κ3) is 3.02. The minimum Gasteiger partial charge on any atom is -0.353 e. The van der Waals surface area contributed by atoms with E-state index in [1.165, 1.54) is 4.90 Å². The van der Waals surface area contributed by atoms with Crippen LogP contribution in [-0.2, 0) is 14.4 Å². The van der Waals surface area contributed by atoms with Gasteiger partial charge in [-0.05, 0) is 18.8 Å². The molecule has 0 saturated carbocycles. The standard InChI is InChI=1S/C12H16N4O3/c13-4-5-14-11(18)12(19)16-6-3-9-8(7-16)1-2-10(17)15-9/h8-9H,1-3,5-7H2,(H,14,18)(H,15,17). The Labute approximate surface area is 110 Å². The Morgan fingerprint density at radius 3 is 3.00 bits per heavy atom. The molecule has 0 bridgehead atoms. The summed E-state index contributed by atoms with van der Waals surface area (Å²) >= 11 is 0. The minimum absolute atomic E-state index is 0.0628. The Kier molecular flexibility index (Phi) is 4.00. The number of rotatable bonds is 1. The van der Waals surface area contributed by atoms with Crippen molar-refractivity contribution in [3.05, 3.63) is 0 Å². The van der Waals surface area contributed by atoms with Crippen molar-refractivity contribution in [2.45, 2.75) is 25.3 Å². The van der Waals surface area contributed by atoms with Crippen molar-refractivity contribution in [3.63, 3.8) is 0 Å². The molecule has 7 nitrogen and oxygen atoms in total. The van der Waals surface area contributed by atoms with E-state index in [1.54, 1.807) is 6.07 Å². The van der Waals surface area contributed by atoms with E-state index in [0.717, 1.165) is 6.42 Å². The molecular weight excluding hydrogens is 248 g/mol. The Hall–Kier alpha value is -2.10. The second-order valence-electron chi connectivity index (χ2n) is 4.85. The van der Waals surface area contributed by atoms with Gasteiger partial charge in [-0.1, -0.05) is 0 Å². The van der Waals surface area contributed by atoms with Crippen molar-refractivity contribution in [1.29, 1.82) is 5.26 Å². The number of carbonyl (C=O) groups excluding carboxylic acids is 3. The molecule has 2 aliphatic rings. The maximum atomic E-state index is 11.9. The number of fused-ring (bicyclic) bond motifs is 1. The Bertz CT molecular complexity index is 443. The molecule has 2 N–H and O–H groups in total. The van der Waals surface area contributed by atoms with Crippen molar-refractivity contribution in [1.82, 2.24) is 15.5 Å². The normalized spacial score (nSPS) is 25.8. The van der Waals surface area contributed by atoms with E-state index >= 15 is 0 Å². The summed E-state index contributed by atoms with van der Waals surface area (Å²) in [7, 11) is 0. The number of nitriles is 1. The SMILES string of the molecule is N#CCNC(=O)C(=O)N1CCC2NC(=O)CCC2C1. The van der Waals surface area contributed by atoms with Crippen LogP contribution >= 0.6 is 0 Å². The summed E-state index contributed by atoms with van der Waals surface area (Å²) in [6, 6.07) is 1.87. The zero-order chi connectivity index (χ0) is 13.8. The molecule has 102 valence electrons. The van der Waals surface area contributed by atoms with Crippen LogP contribution in [0.2, 0.25) is 0 Å². The van der Waals surface area contributed by atoms with Gasteiger partial charge in [0.2, 0.25) is 5.91 Å². The summed E-state index contributed by atoms with van der Waals surface area (Å²) in [5.74, 6) is -1.04. The molecule has 0 aromatic carbocycles. The Morgan fingerprint density at radius 2 is 2.26 bits per heavy atom. The lowest BCUT2D eigenvalue weighted by atomic mass is 9.85. The molecule has 2 saturated heterocycles. The maximum absolute atomic E-state index is 11.9. The van der Waals surface area contributed by atoms with Gasteiger partial charge in [-0.3, -0.25) is 14.4 Å². The molecule has 2 heterocycles. The van der Waals surface area contributed by atoms with Crippen LogP contribution in [0.1, 0.15) is 19.3 Å². The van der Waals surface area contributed by atoms with Crippen LogP contribution in [-0.4, -0.2) is 48.3 Å². The molecule has 0 aliphatic carbocycles. The lowest BCUT2D eigenvalue weighted by Gasteiger charge is -2.41. The Balaban J connectivity index is 1.90. The largest absolute Gasteiger partial charge is 0.353 e. The van der Waals surface area contributed by atoms with Crippen LogP contribution in [0.3, 0.4) is 0 Å². The third-order valence-corrected chi connectivity index (χ3v) is 3.63. The topological polar surface area (TPSA) is 102 Å². The lowest BCUT2D eigenvalue weighted by Crippen LogP contribution is -2.56. The fraction of sp³-hybridized carbons (Fsp3) is 0.667. The molecule has 2 aliphatic heterocycles. The molecule has 0 aromatic rings. The van der Waals surface area contributed by atoms with E-state index in [4.69, 9.17) is 5.26 Å². The first-order chi connectivity index (χ1) is 9.11. The average Bonchev–Trinajstić information content (AvgIpc) is 2.43. The molecule has 2 fully saturated rings. The van der Waals surface area contributed by atoms with Crippen LogP contribution in [0.5, 0.6) is 0 Å². The first-order valence-electron chi connectivity index (χ1n) is 6.35. The summed E-state index contributed by atoms with van der Waals surface area (Å²) in [5.41, 5.74) is 0. The molecule has 2 unspecified atom stereocenters. The first kappa shape index (κ1) is 13.3. The molecule has 0 spiro atoms. The molecule has 0 aromatic heterocycles. The predicted molar refractivity (Wildman–Crippen MR) is 64.5 cm³/mol. The van der Waals surface area contributed by atoms with Gasteiger partial charge in [0.1, 0.15) is 6.54 Å². The number of likely N-dealkylation sites (tertiary alicyclic amines) is 1. The van der Waals surface area contributed by atoms with Crippen LogP contribution < -0.4 is 10.6 Å². The van der Waals surface area contributed by atoms with E-state index in [1.807, 2.05) is 0 Å². The highest BCUT2D eigenvalue weighted by molar-refractivity contribution is 6.35. The summed E-state index contributed by atoms with van der Waals surface area (Å²) in [4.78, 5) is 36.1. The van der Waals surface area contributed by atoms with Crippen molar-refractivity contribution in [3.8, 4) is 6.07 Å². The van der Waals surface area contributed by atoms with E-state index in [9.17, 15) is 14.4 Å². The molecule has 2 rings (SSSR count). The van der Waals surface area contributed by atoms with Crippen molar-refractivity contribution in [2.75, 3.05) is 19.6 Å². The molecule has 19 heavy (non-hydrogen) atoms. The lowest BCUT2D eigenvalue weighted by molar-refractivity contribution is -0.147. The molecular formula is C12H16N4O3. The van der Waals surface area contributed by atoms with Crippen molar-refractivity contribution >= 4 is 17.7 Å². The number of nitrogens with zero attached hydrogens (tertiary/aromatic N) is 2. The fourth-order valence-corrected chi connectivity index (χ4v) is 2.63. The quantitative estimate of drug-likeness (QED) is 0.456. The van der Waals surface area contributed by atoms with E-state index in [2.05, 4.69) is 10.6 Å². The number of hydrogen-bond acceptors (Lipinski definition) is 4. The second kappa shape index (κ2) is 5.69. The van der Waals surface area contributed by atoms with Gasteiger partial charge in [0.05, 0.1) is 6.07 Å². The van der Waals surface area contributed by atoms with Crippen molar-refractivity contribution < 1.29 is 14.4 Å². The zero-order valence-corrected chi connectivity index (χ0v) is 10.5. The van der Waals surface area contributed by atoms with Gasteiger partial charge in [-0.25, -0.2) is 0 Å². The third-order valence-electron chi connectivity index (χ3n) is 3.63. The van der Waals surface area contributed by atoms with Gasteiger partial charge >= 0.3 is 11.8 Å². The number of nitrogens with one attached hydrogen (secondary N) is 2. The Morgan fingerprint density at radius 1 is 1.47 bits per heavy atom. The summed E-state index contributed by atoms with van der Waals surface area (Å²) in [5, 5.41) is 13.5. The number of piperidine rings is 2. The maximum Gasteiger partial charge on any atom is 0.311 e. The van der Waals surface area contributed by atoms with E-state index in [0.29, 0.717) is 25.9 Å². The van der Waals surface area contributed by atoms with Gasteiger partial charge < -0.3 is 15.5 Å². The number of amides is 3. The minimum atomic E-state index is -0.736. The predicted octanol–water partition coefficient (Wildman–Crippen LogP) is -1.25. The highest BCUT2D eigenvalue weighted by Gasteiger charge is 2.36. The van der Waals surface area contributed by atoms with Crippen molar-refractivity contribution in [2.24, 2.45) is 5.92 Å². The monoisotopic (exact) mass is 264 g/mol. The van der Waals surface area contributed by atoms with Crippen LogP contribution in [0, 0.1) is 17.2 Å². The summed E-state index contributed by atoms with van der Waals surface area (Å²) < 4.78 is 0. The van der Waals surface area contributed by atoms with E-state index < -0.39 is 11.8 Å². The second-order valence-corrected chi connectivity index (χ2v) is 4.85. The van der Waals surface area contributed by atoms with Gasteiger partial charge in [0, 0.05) is 25.6 Å². The van der Waals surface area contributed by atoms with Crippen LogP contribution in [0.15, 0.2) is 0 Å². The zero-order valence-electron chi connectivity index (χ0n) is 10.5. The van der Waals surface area contributed by atoms with Gasteiger partial charge in [0.25, 0.3) is 0 Å². The average molecular weight is 264 g/mol. The summed E-state index contributed by atoms with van der Waals surface area (Å²) in [6.45, 7) is 0.782. The first-order valence-corrected chi connectivity index (χ1v) is 6.35. The smallest absolute Gasteiger partial charge is 0.311 e. The molecule has 2 atom stereocenters. The fourth-order valence-electron chi connectivity index (χ4n) is 2.63. The molecule has 0 radical (unpaired) electrons. The van der Waals surface area contributed by atoms with E-state index in [-0.39, 0.29) is 24.4 Å². The highest BCUT2D eigenvalue weighted by Crippen LogP contribution is 2.25. The molecule has 3 amide bonds. The molecule has 7 heteroatoms. The number of hydrogen-bond donors (Lipinski definition) is 2. The van der Waals surface area contributed by atoms with Crippen LogP contribution in [0.4, 0.5) is 0 Å². The summed E-state index contributed by atoms with van der Waals surface area (Å²) in [6.07, 6.45) is 1.90. The van der Waals surface area contributed by atoms with Gasteiger partial charge in [-0.15, -0.1) is 0 Å². The van der Waals surface area contributed by atoms with Gasteiger partial charge in [0.15, 0.2) is 0 Å².